The molecule has 140 valence electrons. The second-order valence-corrected chi connectivity index (χ2v) is 6.26. The summed E-state index contributed by atoms with van der Waals surface area (Å²) in [4.78, 5) is 12.2. The summed E-state index contributed by atoms with van der Waals surface area (Å²) in [6.07, 6.45) is -3.70. The van der Waals surface area contributed by atoms with Gasteiger partial charge in [0.25, 0.3) is 0 Å². The molecular formula is C19H15ClF3N3O. The summed E-state index contributed by atoms with van der Waals surface area (Å²) in [5, 5.41) is 10.4. The molecule has 0 aliphatic carbocycles. The van der Waals surface area contributed by atoms with Crippen molar-refractivity contribution in [2.75, 3.05) is 6.54 Å². The van der Waals surface area contributed by atoms with Crippen molar-refractivity contribution >= 4 is 29.2 Å². The highest BCUT2D eigenvalue weighted by Gasteiger charge is 2.30. The van der Waals surface area contributed by atoms with Crippen LogP contribution in [-0.2, 0) is 12.6 Å². The van der Waals surface area contributed by atoms with Crippen LogP contribution < -0.4 is 0 Å². The SMILES string of the molecule is CCc1ccc(Cl)c(C2=NCC(c3cccc(C(F)(F)F)c3)=NC(O)=N2)c1. The predicted molar refractivity (Wildman–Crippen MR) is 100 cm³/mol. The number of aryl methyl sites for hydroxylation is 1. The van der Waals surface area contributed by atoms with E-state index >= 15 is 0 Å². The van der Waals surface area contributed by atoms with Crippen LogP contribution in [0, 0.1) is 0 Å². The second-order valence-electron chi connectivity index (χ2n) is 5.86. The predicted octanol–water partition coefficient (Wildman–Crippen LogP) is 5.08. The largest absolute Gasteiger partial charge is 0.479 e. The van der Waals surface area contributed by atoms with E-state index in [1.54, 1.807) is 6.07 Å². The lowest BCUT2D eigenvalue weighted by molar-refractivity contribution is -0.137. The number of aliphatic imine (C=N–C) groups is 3. The molecule has 27 heavy (non-hydrogen) atoms. The van der Waals surface area contributed by atoms with E-state index in [-0.39, 0.29) is 23.7 Å². The summed E-state index contributed by atoms with van der Waals surface area (Å²) in [5.74, 6) is 0.179. The van der Waals surface area contributed by atoms with Gasteiger partial charge < -0.3 is 5.11 Å². The minimum absolute atomic E-state index is 0.0448. The summed E-state index contributed by atoms with van der Waals surface area (Å²) in [5.41, 5.74) is 1.13. The van der Waals surface area contributed by atoms with Gasteiger partial charge in [0.05, 0.1) is 22.8 Å². The van der Waals surface area contributed by atoms with Gasteiger partial charge in [-0.25, -0.2) is 0 Å². The molecular weight excluding hydrogens is 379 g/mol. The van der Waals surface area contributed by atoms with Crippen LogP contribution in [0.3, 0.4) is 0 Å². The normalized spacial score (nSPS) is 14.9. The Morgan fingerprint density at radius 2 is 1.89 bits per heavy atom. The number of hydrogen-bond donors (Lipinski definition) is 1. The van der Waals surface area contributed by atoms with Crippen LogP contribution in [0.15, 0.2) is 57.4 Å². The molecule has 0 saturated carbocycles. The van der Waals surface area contributed by atoms with Crippen molar-refractivity contribution in [3.05, 3.63) is 69.7 Å². The van der Waals surface area contributed by atoms with E-state index in [2.05, 4.69) is 15.0 Å². The fourth-order valence-corrected chi connectivity index (χ4v) is 2.80. The van der Waals surface area contributed by atoms with Gasteiger partial charge >= 0.3 is 12.2 Å². The topological polar surface area (TPSA) is 57.3 Å². The van der Waals surface area contributed by atoms with E-state index in [9.17, 15) is 18.3 Å². The van der Waals surface area contributed by atoms with Crippen LogP contribution >= 0.6 is 11.6 Å². The van der Waals surface area contributed by atoms with Crippen molar-refractivity contribution < 1.29 is 18.3 Å². The maximum absolute atomic E-state index is 12.9. The first-order valence-electron chi connectivity index (χ1n) is 8.14. The van der Waals surface area contributed by atoms with Gasteiger partial charge in [-0.2, -0.15) is 23.2 Å². The Morgan fingerprint density at radius 1 is 1.11 bits per heavy atom. The van der Waals surface area contributed by atoms with Gasteiger partial charge in [-0.1, -0.05) is 36.7 Å². The summed E-state index contributed by atoms with van der Waals surface area (Å²) in [6, 6.07) is 9.51. The maximum atomic E-state index is 12.9. The number of nitrogens with zero attached hydrogens (tertiary/aromatic N) is 3. The summed E-state index contributed by atoms with van der Waals surface area (Å²) < 4.78 is 38.8. The lowest BCUT2D eigenvalue weighted by Crippen LogP contribution is -2.11. The highest BCUT2D eigenvalue weighted by molar-refractivity contribution is 6.34. The van der Waals surface area contributed by atoms with E-state index in [1.807, 2.05) is 19.1 Å². The van der Waals surface area contributed by atoms with Crippen LogP contribution in [0.1, 0.15) is 29.2 Å². The average molecular weight is 394 g/mol. The molecule has 1 heterocycles. The van der Waals surface area contributed by atoms with Crippen molar-refractivity contribution in [2.24, 2.45) is 15.0 Å². The maximum Gasteiger partial charge on any atom is 0.416 e. The second kappa shape index (κ2) is 7.52. The molecule has 3 rings (SSSR count). The smallest absolute Gasteiger partial charge is 0.416 e. The third-order valence-electron chi connectivity index (χ3n) is 4.02. The minimum atomic E-state index is -4.47. The Balaban J connectivity index is 1.98. The first-order chi connectivity index (χ1) is 12.8. The van der Waals surface area contributed by atoms with E-state index in [1.165, 1.54) is 12.1 Å². The number of benzene rings is 2. The van der Waals surface area contributed by atoms with Crippen LogP contribution in [-0.4, -0.2) is 29.2 Å². The number of aliphatic hydroxyl groups excluding tert-OH is 1. The van der Waals surface area contributed by atoms with Crippen molar-refractivity contribution in [3.63, 3.8) is 0 Å². The first-order valence-corrected chi connectivity index (χ1v) is 8.52. The zero-order valence-electron chi connectivity index (χ0n) is 14.3. The molecule has 0 radical (unpaired) electrons. The summed E-state index contributed by atoms with van der Waals surface area (Å²) >= 11 is 6.22. The number of halogens is 4. The molecule has 0 saturated heterocycles. The van der Waals surface area contributed by atoms with Crippen LogP contribution in [0.25, 0.3) is 0 Å². The monoisotopic (exact) mass is 393 g/mol. The molecule has 1 N–H and O–H groups in total. The van der Waals surface area contributed by atoms with Gasteiger partial charge in [0.15, 0.2) is 5.84 Å². The number of alkyl halides is 3. The van der Waals surface area contributed by atoms with E-state index < -0.39 is 17.8 Å². The molecule has 1 aliphatic rings. The molecule has 0 amide bonds. The molecule has 2 aromatic rings. The van der Waals surface area contributed by atoms with E-state index in [4.69, 9.17) is 11.6 Å². The fraction of sp³-hybridized carbons (Fsp3) is 0.211. The number of rotatable bonds is 3. The van der Waals surface area contributed by atoms with Gasteiger partial charge in [-0.05, 0) is 41.8 Å². The van der Waals surface area contributed by atoms with Gasteiger partial charge in [0.2, 0.25) is 0 Å². The lowest BCUT2D eigenvalue weighted by Gasteiger charge is -2.09. The van der Waals surface area contributed by atoms with E-state index in [0.717, 1.165) is 24.1 Å². The molecule has 0 bridgehead atoms. The third kappa shape index (κ3) is 4.36. The lowest BCUT2D eigenvalue weighted by atomic mass is 10.1. The zero-order chi connectivity index (χ0) is 19.6. The molecule has 0 fully saturated rings. The standard InChI is InChI=1S/C19H15ClF3N3O/c1-2-11-6-7-15(20)14(8-11)17-24-10-16(25-18(27)26-17)12-4-3-5-13(9-12)19(21,22)23/h3-9H,2,10H2,1H3,(H,24,26,27). The summed E-state index contributed by atoms with van der Waals surface area (Å²) in [6.45, 7) is 1.94. The Bertz CT molecular complexity index is 965. The molecule has 0 aromatic heterocycles. The molecule has 2 aromatic carbocycles. The van der Waals surface area contributed by atoms with Gasteiger partial charge in [0.1, 0.15) is 0 Å². The third-order valence-corrected chi connectivity index (χ3v) is 4.35. The Hall–Kier alpha value is -2.67. The van der Waals surface area contributed by atoms with Crippen molar-refractivity contribution in [1.82, 2.24) is 0 Å². The molecule has 1 aliphatic heterocycles. The zero-order valence-corrected chi connectivity index (χ0v) is 15.0. The van der Waals surface area contributed by atoms with Crippen LogP contribution in [0.4, 0.5) is 13.2 Å². The minimum Gasteiger partial charge on any atom is -0.479 e. The van der Waals surface area contributed by atoms with Gasteiger partial charge in [0, 0.05) is 5.56 Å². The molecule has 0 unspecified atom stereocenters. The van der Waals surface area contributed by atoms with Gasteiger partial charge in [-0.15, -0.1) is 0 Å². The summed E-state index contributed by atoms with van der Waals surface area (Å²) in [7, 11) is 0. The van der Waals surface area contributed by atoms with Crippen molar-refractivity contribution in [2.45, 2.75) is 19.5 Å². The van der Waals surface area contributed by atoms with Crippen LogP contribution in [0.2, 0.25) is 5.02 Å². The Morgan fingerprint density at radius 3 is 2.59 bits per heavy atom. The quantitative estimate of drug-likeness (QED) is 0.776. The Kier molecular flexibility index (Phi) is 5.32. The van der Waals surface area contributed by atoms with Crippen molar-refractivity contribution in [1.29, 1.82) is 0 Å². The highest BCUT2D eigenvalue weighted by atomic mass is 35.5. The highest BCUT2D eigenvalue weighted by Crippen LogP contribution is 2.30. The molecule has 0 spiro atoms. The van der Waals surface area contributed by atoms with Gasteiger partial charge in [-0.3, -0.25) is 4.99 Å². The fourth-order valence-electron chi connectivity index (χ4n) is 2.60. The molecule has 4 nitrogen and oxygen atoms in total. The Labute approximate surface area is 158 Å². The van der Waals surface area contributed by atoms with Crippen LogP contribution in [0.5, 0.6) is 0 Å². The van der Waals surface area contributed by atoms with Crippen molar-refractivity contribution in [3.8, 4) is 0 Å². The molecule has 0 atom stereocenters. The molecule has 8 heteroatoms. The first kappa shape index (κ1) is 19.1. The van der Waals surface area contributed by atoms with E-state index in [0.29, 0.717) is 10.6 Å². The average Bonchev–Trinajstić information content (AvgIpc) is 2.83. The number of amidine groups is 2. The number of hydrogen-bond acceptors (Lipinski definition) is 3. The number of aliphatic hydroxyl groups is 1.